The molecule has 7 heteroatoms. The number of para-hydroxylation sites is 2. The number of nitrogens with zero attached hydrogens (tertiary/aromatic N) is 5. The van der Waals surface area contributed by atoms with Crippen LogP contribution in [0.4, 0.5) is 0 Å². The van der Waals surface area contributed by atoms with Gasteiger partial charge < -0.3 is 13.7 Å². The average Bonchev–Trinajstić information content (AvgIpc) is 3.63. The third-order valence-electron chi connectivity index (χ3n) is 5.62. The Morgan fingerprint density at radius 3 is 2.82 bits per heavy atom. The van der Waals surface area contributed by atoms with Gasteiger partial charge in [-0.05, 0) is 43.2 Å². The summed E-state index contributed by atoms with van der Waals surface area (Å²) in [4.78, 5) is 4.07. The first kappa shape index (κ1) is 21.3. The highest BCUT2D eigenvalue weighted by Gasteiger charge is 2.17. The number of methoxy groups -OCH3 is 1. The maximum absolute atomic E-state index is 9.81. The van der Waals surface area contributed by atoms with E-state index in [1.807, 2.05) is 82.3 Å². The zero-order valence-corrected chi connectivity index (χ0v) is 18.8. The molecule has 0 fully saturated rings. The predicted molar refractivity (Wildman–Crippen MR) is 130 cm³/mol. The number of benzene rings is 2. The summed E-state index contributed by atoms with van der Waals surface area (Å²) in [6, 6.07) is 20.0. The highest BCUT2D eigenvalue weighted by atomic mass is 16.5. The quantitative estimate of drug-likeness (QED) is 0.276. The van der Waals surface area contributed by atoms with E-state index in [0.29, 0.717) is 34.8 Å². The van der Waals surface area contributed by atoms with Gasteiger partial charge in [-0.15, -0.1) is 0 Å². The van der Waals surface area contributed by atoms with E-state index in [1.165, 1.54) is 0 Å². The summed E-state index contributed by atoms with van der Waals surface area (Å²) >= 11 is 0. The van der Waals surface area contributed by atoms with Crippen LogP contribution in [0.15, 0.2) is 89.5 Å². The van der Waals surface area contributed by atoms with Crippen molar-refractivity contribution in [1.29, 1.82) is 5.26 Å². The first-order valence-corrected chi connectivity index (χ1v) is 11.0. The summed E-state index contributed by atoms with van der Waals surface area (Å²) in [5, 5.41) is 15.6. The van der Waals surface area contributed by atoms with E-state index in [4.69, 9.17) is 14.3 Å². The van der Waals surface area contributed by atoms with Crippen LogP contribution in [-0.4, -0.2) is 26.4 Å². The molecule has 2 aromatic carbocycles. The summed E-state index contributed by atoms with van der Waals surface area (Å²) in [6.07, 6.45) is 10.8. The molecule has 7 nitrogen and oxygen atoms in total. The van der Waals surface area contributed by atoms with Gasteiger partial charge in [0.1, 0.15) is 5.69 Å². The van der Waals surface area contributed by atoms with Crippen LogP contribution in [0.1, 0.15) is 18.4 Å². The molecular formula is C27H23N5O2. The highest BCUT2D eigenvalue weighted by molar-refractivity contribution is 5.88. The summed E-state index contributed by atoms with van der Waals surface area (Å²) < 4.78 is 15.5. The Kier molecular flexibility index (Phi) is 5.95. The van der Waals surface area contributed by atoms with Gasteiger partial charge in [-0.1, -0.05) is 30.3 Å². The van der Waals surface area contributed by atoms with E-state index in [2.05, 4.69) is 11.1 Å². The van der Waals surface area contributed by atoms with E-state index in [-0.39, 0.29) is 0 Å². The van der Waals surface area contributed by atoms with Crippen molar-refractivity contribution in [3.63, 3.8) is 0 Å². The zero-order chi connectivity index (χ0) is 23.3. The molecule has 0 unspecified atom stereocenters. The van der Waals surface area contributed by atoms with Crippen LogP contribution in [0.2, 0.25) is 0 Å². The second-order valence-electron chi connectivity index (χ2n) is 7.89. The van der Waals surface area contributed by atoms with Gasteiger partial charge >= 0.3 is 0 Å². The third-order valence-corrected chi connectivity index (χ3v) is 5.62. The molecule has 3 heterocycles. The number of hydrogen-bond acceptors (Lipinski definition) is 5. The fourth-order valence-electron chi connectivity index (χ4n) is 3.93. The smallest absolute Gasteiger partial charge is 0.176 e. The minimum Gasteiger partial charge on any atom is -0.493 e. The van der Waals surface area contributed by atoms with Crippen LogP contribution < -0.4 is 4.74 Å². The third kappa shape index (κ3) is 4.34. The van der Waals surface area contributed by atoms with Crippen LogP contribution >= 0.6 is 0 Å². The number of rotatable bonds is 8. The molecule has 0 aliphatic heterocycles. The predicted octanol–water partition coefficient (Wildman–Crippen LogP) is 5.88. The molecule has 0 radical (unpaired) electrons. The Morgan fingerprint density at radius 1 is 1.18 bits per heavy atom. The van der Waals surface area contributed by atoms with Crippen molar-refractivity contribution in [2.45, 2.75) is 19.4 Å². The molecule has 0 aliphatic rings. The standard InChI is InChI=1S/C27H23N5O2/c1-33-24-11-5-8-21-16-25(34-27(21)24)26-22(18-32(30-26)23-9-3-2-4-10-23)15-20(17-28)7-6-13-31-14-12-29-19-31/h2-5,8-12,14-16,18-19H,6-7,13H2,1H3/b20-15+. The van der Waals surface area contributed by atoms with Crippen LogP contribution in [0, 0.1) is 11.3 Å². The topological polar surface area (TPSA) is 81.8 Å². The summed E-state index contributed by atoms with van der Waals surface area (Å²) in [5.41, 5.74) is 3.77. The lowest BCUT2D eigenvalue weighted by Crippen LogP contribution is -1.94. The maximum Gasteiger partial charge on any atom is 0.176 e. The van der Waals surface area contributed by atoms with E-state index >= 15 is 0 Å². The Balaban J connectivity index is 1.53. The van der Waals surface area contributed by atoms with Gasteiger partial charge in [0.05, 0.1) is 25.2 Å². The monoisotopic (exact) mass is 449 g/mol. The molecule has 34 heavy (non-hydrogen) atoms. The van der Waals surface area contributed by atoms with Gasteiger partial charge in [0.2, 0.25) is 0 Å². The number of aryl methyl sites for hydroxylation is 1. The number of aromatic nitrogens is 4. The van der Waals surface area contributed by atoms with Crippen LogP contribution in [0.25, 0.3) is 34.2 Å². The van der Waals surface area contributed by atoms with Crippen LogP contribution in [0.5, 0.6) is 5.75 Å². The first-order chi connectivity index (χ1) is 16.7. The number of ether oxygens (including phenoxy) is 1. The van der Waals surface area contributed by atoms with Gasteiger partial charge in [0, 0.05) is 41.7 Å². The molecule has 0 bridgehead atoms. The van der Waals surface area contributed by atoms with Crippen molar-refractivity contribution >= 4 is 17.0 Å². The number of furan rings is 1. The molecule has 0 saturated heterocycles. The first-order valence-electron chi connectivity index (χ1n) is 11.0. The summed E-state index contributed by atoms with van der Waals surface area (Å²) in [6.45, 7) is 0.804. The van der Waals surface area contributed by atoms with E-state index in [1.54, 1.807) is 19.6 Å². The van der Waals surface area contributed by atoms with Gasteiger partial charge in [-0.25, -0.2) is 9.67 Å². The van der Waals surface area contributed by atoms with Crippen molar-refractivity contribution in [1.82, 2.24) is 19.3 Å². The molecule has 0 atom stereocenters. The van der Waals surface area contributed by atoms with Crippen LogP contribution in [-0.2, 0) is 6.54 Å². The van der Waals surface area contributed by atoms with Crippen molar-refractivity contribution in [3.8, 4) is 29.0 Å². The van der Waals surface area contributed by atoms with E-state index < -0.39 is 0 Å². The number of fused-ring (bicyclic) bond motifs is 1. The minimum absolute atomic E-state index is 0.621. The summed E-state index contributed by atoms with van der Waals surface area (Å²) in [7, 11) is 1.62. The molecule has 0 saturated carbocycles. The number of hydrogen-bond donors (Lipinski definition) is 0. The van der Waals surface area contributed by atoms with Gasteiger partial charge in [-0.2, -0.15) is 10.4 Å². The van der Waals surface area contributed by atoms with Gasteiger partial charge in [0.25, 0.3) is 0 Å². The number of nitriles is 1. The normalized spacial score (nSPS) is 11.6. The van der Waals surface area contributed by atoms with Crippen molar-refractivity contribution in [3.05, 3.63) is 90.7 Å². The minimum atomic E-state index is 0.621. The van der Waals surface area contributed by atoms with E-state index in [9.17, 15) is 5.26 Å². The fourth-order valence-corrected chi connectivity index (χ4v) is 3.93. The zero-order valence-electron chi connectivity index (χ0n) is 18.8. The molecule has 5 aromatic rings. The highest BCUT2D eigenvalue weighted by Crippen LogP contribution is 2.35. The number of imidazole rings is 1. The largest absolute Gasteiger partial charge is 0.493 e. The summed E-state index contributed by atoms with van der Waals surface area (Å²) in [5.74, 6) is 1.29. The Bertz CT molecular complexity index is 1470. The number of allylic oxidation sites excluding steroid dienone is 1. The van der Waals surface area contributed by atoms with Crippen molar-refractivity contribution in [2.24, 2.45) is 0 Å². The molecule has 0 spiro atoms. The van der Waals surface area contributed by atoms with Crippen molar-refractivity contribution in [2.75, 3.05) is 7.11 Å². The van der Waals surface area contributed by atoms with Gasteiger partial charge in [-0.3, -0.25) is 0 Å². The van der Waals surface area contributed by atoms with E-state index in [0.717, 1.165) is 29.6 Å². The second kappa shape index (κ2) is 9.51. The molecule has 3 aromatic heterocycles. The maximum atomic E-state index is 9.81. The SMILES string of the molecule is COc1cccc2cc(-c3nn(-c4ccccc4)cc3/C=C(/C#N)CCCn3ccnc3)oc12. The molecule has 5 rings (SSSR count). The Morgan fingerprint density at radius 2 is 2.06 bits per heavy atom. The lowest BCUT2D eigenvalue weighted by Gasteiger charge is -2.02. The van der Waals surface area contributed by atoms with Crippen molar-refractivity contribution < 1.29 is 9.15 Å². The molecular weight excluding hydrogens is 426 g/mol. The molecule has 168 valence electrons. The lowest BCUT2D eigenvalue weighted by molar-refractivity contribution is 0.411. The fraction of sp³-hybridized carbons (Fsp3) is 0.148. The average molecular weight is 450 g/mol. The molecule has 0 amide bonds. The Hall–Kier alpha value is -4.57. The molecule has 0 aliphatic carbocycles. The Labute approximate surface area is 197 Å². The van der Waals surface area contributed by atoms with Gasteiger partial charge in [0.15, 0.2) is 17.1 Å². The molecule has 0 N–H and O–H groups in total. The lowest BCUT2D eigenvalue weighted by atomic mass is 10.1. The second-order valence-corrected chi connectivity index (χ2v) is 7.89. The van der Waals surface area contributed by atoms with Crippen LogP contribution in [0.3, 0.4) is 0 Å².